The molecule has 0 bridgehead atoms. The first kappa shape index (κ1) is 20.6. The van der Waals surface area contributed by atoms with E-state index in [1.54, 1.807) is 6.20 Å². The van der Waals surface area contributed by atoms with E-state index < -0.39 is 0 Å². The van der Waals surface area contributed by atoms with E-state index >= 15 is 0 Å². The number of carbonyl (C=O) groups excluding carboxylic acids is 1. The van der Waals surface area contributed by atoms with Crippen LogP contribution in [-0.4, -0.2) is 31.0 Å². The summed E-state index contributed by atoms with van der Waals surface area (Å²) in [4.78, 5) is 37.9. The smallest absolute Gasteiger partial charge is 0.258 e. The van der Waals surface area contributed by atoms with Gasteiger partial charge in [-0.05, 0) is 18.1 Å². The van der Waals surface area contributed by atoms with E-state index in [1.165, 1.54) is 33.6 Å². The van der Waals surface area contributed by atoms with E-state index in [4.69, 9.17) is 0 Å². The lowest BCUT2D eigenvalue weighted by molar-refractivity contribution is -0.119. The molecule has 9 heteroatoms. The Morgan fingerprint density at radius 1 is 1.33 bits per heavy atom. The number of rotatable bonds is 8. The largest absolute Gasteiger partial charge is 0.345 e. The first-order valence-electron chi connectivity index (χ1n) is 9.82. The van der Waals surface area contributed by atoms with Crippen LogP contribution < -0.4 is 10.9 Å². The molecule has 0 saturated heterocycles. The summed E-state index contributed by atoms with van der Waals surface area (Å²) in [5, 5.41) is 4.96. The molecule has 2 N–H and O–H groups in total. The fourth-order valence-electron chi connectivity index (χ4n) is 3.26. The maximum Gasteiger partial charge on any atom is 0.258 e. The van der Waals surface area contributed by atoms with Crippen molar-refractivity contribution >= 4 is 45.0 Å². The van der Waals surface area contributed by atoms with Crippen LogP contribution in [0.25, 0.3) is 16.0 Å². The number of hydrogen-bond acceptors (Lipinski definition) is 6. The number of thiazole rings is 1. The van der Waals surface area contributed by atoms with Crippen molar-refractivity contribution in [3.63, 3.8) is 0 Å². The molecule has 2 unspecified atom stereocenters. The van der Waals surface area contributed by atoms with Gasteiger partial charge in [-0.3, -0.25) is 14.0 Å². The minimum absolute atomic E-state index is 0.0559. The maximum atomic E-state index is 12.6. The van der Waals surface area contributed by atoms with Gasteiger partial charge in [0.15, 0.2) is 4.96 Å². The Bertz CT molecular complexity index is 1200. The van der Waals surface area contributed by atoms with Crippen LogP contribution >= 0.6 is 23.1 Å². The molecule has 156 valence electrons. The number of thioether (sulfide) groups is 1. The fourth-order valence-corrected chi connectivity index (χ4v) is 4.73. The van der Waals surface area contributed by atoms with Crippen LogP contribution in [-0.2, 0) is 10.5 Å². The van der Waals surface area contributed by atoms with Gasteiger partial charge >= 0.3 is 0 Å². The van der Waals surface area contributed by atoms with Crippen LogP contribution in [0.2, 0.25) is 0 Å². The zero-order valence-electron chi connectivity index (χ0n) is 16.8. The SMILES string of the molecule is CCC(C)C(NC(=O)CSCc1cc(=O)n2ccsc2n1)c1nc2ccccc2[nH]1. The number of carbonyl (C=O) groups is 1. The number of para-hydroxylation sites is 2. The molecule has 1 aromatic carbocycles. The number of amides is 1. The molecular formula is C21H23N5O2S2. The molecule has 4 aromatic rings. The highest BCUT2D eigenvalue weighted by atomic mass is 32.2. The van der Waals surface area contributed by atoms with Crippen LogP contribution in [0.3, 0.4) is 0 Å². The number of hydrogen-bond donors (Lipinski definition) is 2. The predicted molar refractivity (Wildman–Crippen MR) is 122 cm³/mol. The fraction of sp³-hybridized carbons (Fsp3) is 0.333. The summed E-state index contributed by atoms with van der Waals surface area (Å²) in [6, 6.07) is 9.21. The molecule has 4 rings (SSSR count). The standard InChI is InChI=1S/C21H23N5O2S2/c1-3-13(2)19(20-23-15-6-4-5-7-16(15)24-20)25-17(27)12-29-11-14-10-18(28)26-8-9-30-21(26)22-14/h4-10,13,19H,3,11-12H2,1-2H3,(H,23,24)(H,25,27). The van der Waals surface area contributed by atoms with Crippen LogP contribution in [0.5, 0.6) is 0 Å². The minimum atomic E-state index is -0.180. The normalized spacial score (nSPS) is 13.5. The molecule has 3 heterocycles. The highest BCUT2D eigenvalue weighted by molar-refractivity contribution is 7.99. The van der Waals surface area contributed by atoms with Crippen LogP contribution in [0, 0.1) is 5.92 Å². The number of nitrogens with zero attached hydrogens (tertiary/aromatic N) is 3. The number of fused-ring (bicyclic) bond motifs is 2. The topological polar surface area (TPSA) is 92.2 Å². The second-order valence-electron chi connectivity index (χ2n) is 7.20. The number of benzene rings is 1. The van der Waals surface area contributed by atoms with Gasteiger partial charge in [0.25, 0.3) is 5.56 Å². The Labute approximate surface area is 182 Å². The highest BCUT2D eigenvalue weighted by Gasteiger charge is 2.23. The molecule has 3 aromatic heterocycles. The molecule has 0 radical (unpaired) electrons. The minimum Gasteiger partial charge on any atom is -0.345 e. The van der Waals surface area contributed by atoms with Crippen molar-refractivity contribution in [2.24, 2.45) is 5.92 Å². The molecule has 0 aliphatic rings. The monoisotopic (exact) mass is 441 g/mol. The van der Waals surface area contributed by atoms with Crippen LogP contribution in [0.4, 0.5) is 0 Å². The molecule has 0 aliphatic carbocycles. The van der Waals surface area contributed by atoms with Gasteiger partial charge in [-0.2, -0.15) is 0 Å². The third-order valence-corrected chi connectivity index (χ3v) is 6.79. The van der Waals surface area contributed by atoms with Crippen molar-refractivity contribution in [2.45, 2.75) is 32.1 Å². The summed E-state index contributed by atoms with van der Waals surface area (Å²) in [7, 11) is 0. The molecule has 0 fully saturated rings. The molecule has 0 spiro atoms. The van der Waals surface area contributed by atoms with Crippen molar-refractivity contribution in [1.29, 1.82) is 0 Å². The molecular weight excluding hydrogens is 418 g/mol. The third-order valence-electron chi connectivity index (χ3n) is 5.07. The second kappa shape index (κ2) is 9.01. The van der Waals surface area contributed by atoms with Gasteiger partial charge in [-0.25, -0.2) is 9.97 Å². The van der Waals surface area contributed by atoms with E-state index in [-0.39, 0.29) is 23.4 Å². The first-order valence-corrected chi connectivity index (χ1v) is 11.9. The van der Waals surface area contributed by atoms with Crippen LogP contribution in [0.1, 0.15) is 37.8 Å². The van der Waals surface area contributed by atoms with Crippen molar-refractivity contribution < 1.29 is 4.79 Å². The molecule has 0 saturated carbocycles. The number of aromatic amines is 1. The zero-order valence-corrected chi connectivity index (χ0v) is 18.4. The Morgan fingerprint density at radius 3 is 2.97 bits per heavy atom. The van der Waals surface area contributed by atoms with E-state index in [1.807, 2.05) is 29.6 Å². The predicted octanol–water partition coefficient (Wildman–Crippen LogP) is 3.77. The first-order chi connectivity index (χ1) is 14.5. The van der Waals surface area contributed by atoms with Crippen molar-refractivity contribution in [2.75, 3.05) is 5.75 Å². The van der Waals surface area contributed by atoms with E-state index in [9.17, 15) is 9.59 Å². The molecule has 0 aliphatic heterocycles. The summed E-state index contributed by atoms with van der Waals surface area (Å²) >= 11 is 2.87. The molecule has 30 heavy (non-hydrogen) atoms. The van der Waals surface area contributed by atoms with Crippen molar-refractivity contribution in [3.8, 4) is 0 Å². The Balaban J connectivity index is 1.40. The van der Waals surface area contributed by atoms with Gasteiger partial charge in [-0.15, -0.1) is 23.1 Å². The van der Waals surface area contributed by atoms with Gasteiger partial charge < -0.3 is 10.3 Å². The summed E-state index contributed by atoms with van der Waals surface area (Å²) in [6.07, 6.45) is 2.64. The quantitative estimate of drug-likeness (QED) is 0.434. The van der Waals surface area contributed by atoms with Gasteiger partial charge in [0, 0.05) is 23.4 Å². The lowest BCUT2D eigenvalue weighted by atomic mass is 9.98. The summed E-state index contributed by atoms with van der Waals surface area (Å²) in [6.45, 7) is 4.21. The zero-order chi connectivity index (χ0) is 21.1. The number of nitrogens with one attached hydrogen (secondary N) is 2. The third kappa shape index (κ3) is 4.41. The average Bonchev–Trinajstić information content (AvgIpc) is 3.38. The van der Waals surface area contributed by atoms with Crippen molar-refractivity contribution in [1.82, 2.24) is 24.7 Å². The Hall–Kier alpha value is -2.65. The molecule has 1 amide bonds. The Morgan fingerprint density at radius 2 is 2.17 bits per heavy atom. The lowest BCUT2D eigenvalue weighted by Gasteiger charge is -2.22. The van der Waals surface area contributed by atoms with Gasteiger partial charge in [0.1, 0.15) is 5.82 Å². The second-order valence-corrected chi connectivity index (χ2v) is 9.06. The molecule has 7 nitrogen and oxygen atoms in total. The van der Waals surface area contributed by atoms with Crippen LogP contribution in [0.15, 0.2) is 46.7 Å². The average molecular weight is 442 g/mol. The summed E-state index contributed by atoms with van der Waals surface area (Å²) < 4.78 is 1.52. The number of imidazole rings is 1. The summed E-state index contributed by atoms with van der Waals surface area (Å²) in [5.41, 5.74) is 2.45. The molecule has 2 atom stereocenters. The number of H-pyrrole nitrogens is 1. The van der Waals surface area contributed by atoms with Gasteiger partial charge in [0.2, 0.25) is 5.91 Å². The number of aromatic nitrogens is 4. The van der Waals surface area contributed by atoms with E-state index in [0.29, 0.717) is 22.2 Å². The van der Waals surface area contributed by atoms with E-state index in [2.05, 4.69) is 34.1 Å². The highest BCUT2D eigenvalue weighted by Crippen LogP contribution is 2.25. The summed E-state index contributed by atoms with van der Waals surface area (Å²) in [5.74, 6) is 1.76. The maximum absolute atomic E-state index is 12.6. The van der Waals surface area contributed by atoms with Crippen molar-refractivity contribution in [3.05, 3.63) is 63.8 Å². The van der Waals surface area contributed by atoms with Gasteiger partial charge in [0.05, 0.1) is 28.5 Å². The van der Waals surface area contributed by atoms with E-state index in [0.717, 1.165) is 23.3 Å². The lowest BCUT2D eigenvalue weighted by Crippen LogP contribution is -2.34. The van der Waals surface area contributed by atoms with Gasteiger partial charge in [-0.1, -0.05) is 32.4 Å². The Kier molecular flexibility index (Phi) is 6.19.